The summed E-state index contributed by atoms with van der Waals surface area (Å²) in [6.45, 7) is 1.84. The minimum atomic E-state index is -0.0366. The summed E-state index contributed by atoms with van der Waals surface area (Å²) in [4.78, 5) is 14.9. The van der Waals surface area contributed by atoms with Crippen molar-refractivity contribution in [2.45, 2.75) is 31.7 Å². The molecule has 27 heavy (non-hydrogen) atoms. The molecule has 0 saturated carbocycles. The van der Waals surface area contributed by atoms with Crippen LogP contribution in [0.3, 0.4) is 0 Å². The van der Waals surface area contributed by atoms with Gasteiger partial charge in [-0.05, 0) is 45.0 Å². The Hall–Kier alpha value is -2.59. The molecule has 1 aliphatic rings. The summed E-state index contributed by atoms with van der Waals surface area (Å²) >= 11 is 0. The van der Waals surface area contributed by atoms with Crippen molar-refractivity contribution in [2.24, 2.45) is 0 Å². The Labute approximate surface area is 159 Å². The average molecular weight is 363 g/mol. The lowest BCUT2D eigenvalue weighted by Crippen LogP contribution is -2.37. The zero-order valence-electron chi connectivity index (χ0n) is 15.7. The molecule has 4 heteroatoms. The van der Waals surface area contributed by atoms with Crippen LogP contribution in [0.2, 0.25) is 0 Å². The van der Waals surface area contributed by atoms with E-state index in [4.69, 9.17) is 9.15 Å². The number of fused-ring (bicyclic) bond motifs is 1. The molecule has 0 aliphatic carbocycles. The maximum Gasteiger partial charge on any atom is 0.193 e. The first-order chi connectivity index (χ1) is 13.2. The first kappa shape index (κ1) is 17.8. The quantitative estimate of drug-likeness (QED) is 0.658. The van der Waals surface area contributed by atoms with Gasteiger partial charge in [0.2, 0.25) is 0 Å². The predicted molar refractivity (Wildman–Crippen MR) is 108 cm³/mol. The number of likely N-dealkylation sites (tertiary alicyclic amines) is 1. The molecule has 1 atom stereocenters. The fraction of sp³-hybridized carbons (Fsp3) is 0.348. The molecule has 4 rings (SSSR count). The first-order valence-electron chi connectivity index (χ1n) is 9.67. The Morgan fingerprint density at radius 3 is 2.78 bits per heavy atom. The number of ether oxygens (including phenoxy) is 1. The summed E-state index contributed by atoms with van der Waals surface area (Å²) in [5.41, 5.74) is 1.42. The van der Waals surface area contributed by atoms with Crippen LogP contribution in [0.25, 0.3) is 22.3 Å². The maximum absolute atomic E-state index is 12.4. The minimum Gasteiger partial charge on any atom is -0.493 e. The van der Waals surface area contributed by atoms with Gasteiger partial charge >= 0.3 is 0 Å². The van der Waals surface area contributed by atoms with Crippen molar-refractivity contribution in [3.63, 3.8) is 0 Å². The fourth-order valence-electron chi connectivity index (χ4n) is 3.79. The second kappa shape index (κ2) is 7.97. The third-order valence-corrected chi connectivity index (χ3v) is 5.40. The molecule has 0 N–H and O–H groups in total. The Morgan fingerprint density at radius 2 is 1.96 bits per heavy atom. The Kier molecular flexibility index (Phi) is 5.26. The SMILES string of the molecule is CN1CCCCC1CCOc1ccc2c(=O)cc(-c3ccccc3)oc2c1. The molecule has 0 radical (unpaired) electrons. The Bertz CT molecular complexity index is 964. The van der Waals surface area contributed by atoms with Gasteiger partial charge in [0.25, 0.3) is 0 Å². The third-order valence-electron chi connectivity index (χ3n) is 5.40. The number of hydrogen-bond acceptors (Lipinski definition) is 4. The van der Waals surface area contributed by atoms with E-state index < -0.39 is 0 Å². The van der Waals surface area contributed by atoms with Crippen LogP contribution in [0.4, 0.5) is 0 Å². The van der Waals surface area contributed by atoms with E-state index in [0.717, 1.165) is 17.7 Å². The Morgan fingerprint density at radius 1 is 1.11 bits per heavy atom. The van der Waals surface area contributed by atoms with E-state index in [0.29, 0.717) is 29.4 Å². The molecule has 1 saturated heterocycles. The lowest BCUT2D eigenvalue weighted by molar-refractivity contribution is 0.153. The van der Waals surface area contributed by atoms with Gasteiger partial charge in [0.15, 0.2) is 5.43 Å². The Balaban J connectivity index is 1.51. The molecule has 140 valence electrons. The molecule has 0 bridgehead atoms. The summed E-state index contributed by atoms with van der Waals surface area (Å²) in [7, 11) is 2.19. The monoisotopic (exact) mass is 363 g/mol. The average Bonchev–Trinajstić information content (AvgIpc) is 2.70. The normalized spacial score (nSPS) is 17.9. The van der Waals surface area contributed by atoms with Gasteiger partial charge in [-0.15, -0.1) is 0 Å². The van der Waals surface area contributed by atoms with Crippen LogP contribution < -0.4 is 10.2 Å². The molecule has 1 aromatic heterocycles. The number of benzene rings is 2. The summed E-state index contributed by atoms with van der Waals surface area (Å²) < 4.78 is 12.0. The summed E-state index contributed by atoms with van der Waals surface area (Å²) in [6, 6.07) is 17.3. The van der Waals surface area contributed by atoms with E-state index >= 15 is 0 Å². The van der Waals surface area contributed by atoms with E-state index in [-0.39, 0.29) is 5.43 Å². The number of rotatable bonds is 5. The van der Waals surface area contributed by atoms with Crippen molar-refractivity contribution in [1.82, 2.24) is 4.90 Å². The molecule has 0 amide bonds. The molecule has 1 unspecified atom stereocenters. The predicted octanol–water partition coefficient (Wildman–Crippen LogP) is 4.71. The maximum atomic E-state index is 12.4. The van der Waals surface area contributed by atoms with Gasteiger partial charge in [0.05, 0.1) is 12.0 Å². The van der Waals surface area contributed by atoms with Crippen molar-refractivity contribution in [3.8, 4) is 17.1 Å². The minimum absolute atomic E-state index is 0.0366. The smallest absolute Gasteiger partial charge is 0.193 e. The van der Waals surface area contributed by atoms with Crippen molar-refractivity contribution < 1.29 is 9.15 Å². The molecule has 1 aliphatic heterocycles. The molecule has 2 heterocycles. The number of hydrogen-bond donors (Lipinski definition) is 0. The summed E-state index contributed by atoms with van der Waals surface area (Å²) in [5.74, 6) is 1.32. The zero-order valence-corrected chi connectivity index (χ0v) is 15.7. The van der Waals surface area contributed by atoms with Gasteiger partial charge in [0, 0.05) is 23.7 Å². The van der Waals surface area contributed by atoms with Gasteiger partial charge < -0.3 is 14.1 Å². The van der Waals surface area contributed by atoms with Crippen LogP contribution in [0.5, 0.6) is 5.75 Å². The van der Waals surface area contributed by atoms with Gasteiger partial charge in [-0.3, -0.25) is 4.79 Å². The van der Waals surface area contributed by atoms with E-state index in [1.807, 2.05) is 42.5 Å². The van der Waals surface area contributed by atoms with Crippen LogP contribution in [-0.2, 0) is 0 Å². The van der Waals surface area contributed by atoms with Crippen LogP contribution >= 0.6 is 0 Å². The van der Waals surface area contributed by atoms with E-state index in [1.165, 1.54) is 25.8 Å². The van der Waals surface area contributed by atoms with Crippen molar-refractivity contribution in [2.75, 3.05) is 20.2 Å². The van der Waals surface area contributed by atoms with Crippen LogP contribution in [-0.4, -0.2) is 31.1 Å². The van der Waals surface area contributed by atoms with Crippen molar-refractivity contribution >= 4 is 11.0 Å². The molecule has 2 aromatic carbocycles. The highest BCUT2D eigenvalue weighted by molar-refractivity contribution is 5.80. The van der Waals surface area contributed by atoms with Gasteiger partial charge in [-0.1, -0.05) is 36.8 Å². The third kappa shape index (κ3) is 4.06. The van der Waals surface area contributed by atoms with E-state index in [1.54, 1.807) is 12.1 Å². The fourth-order valence-corrected chi connectivity index (χ4v) is 3.79. The summed E-state index contributed by atoms with van der Waals surface area (Å²) in [5, 5.41) is 0.578. The molecule has 3 aromatic rings. The molecule has 1 fully saturated rings. The molecule has 0 spiro atoms. The van der Waals surface area contributed by atoms with Crippen LogP contribution in [0.15, 0.2) is 63.8 Å². The number of piperidine rings is 1. The zero-order chi connectivity index (χ0) is 18.6. The molecular weight excluding hydrogens is 338 g/mol. The lowest BCUT2D eigenvalue weighted by atomic mass is 10.0. The topological polar surface area (TPSA) is 42.7 Å². The van der Waals surface area contributed by atoms with Gasteiger partial charge in [-0.25, -0.2) is 0 Å². The highest BCUT2D eigenvalue weighted by atomic mass is 16.5. The van der Waals surface area contributed by atoms with Crippen LogP contribution in [0, 0.1) is 0 Å². The van der Waals surface area contributed by atoms with Crippen molar-refractivity contribution in [1.29, 1.82) is 0 Å². The van der Waals surface area contributed by atoms with Gasteiger partial charge in [-0.2, -0.15) is 0 Å². The highest BCUT2D eigenvalue weighted by Gasteiger charge is 2.18. The standard InChI is InChI=1S/C23H25NO3/c1-24-13-6-5-9-18(24)12-14-26-19-10-11-20-21(25)16-22(27-23(20)15-19)17-7-3-2-4-8-17/h2-4,7-8,10-11,15-16,18H,5-6,9,12-14H2,1H3. The largest absolute Gasteiger partial charge is 0.493 e. The number of nitrogens with zero attached hydrogens (tertiary/aromatic N) is 1. The molecular formula is C23H25NO3. The lowest BCUT2D eigenvalue weighted by Gasteiger charge is -2.32. The van der Waals surface area contributed by atoms with E-state index in [9.17, 15) is 4.79 Å². The second-order valence-corrected chi connectivity index (χ2v) is 7.27. The van der Waals surface area contributed by atoms with E-state index in [2.05, 4.69) is 11.9 Å². The van der Waals surface area contributed by atoms with Gasteiger partial charge in [0.1, 0.15) is 17.1 Å². The summed E-state index contributed by atoms with van der Waals surface area (Å²) in [6.07, 6.45) is 4.86. The second-order valence-electron chi connectivity index (χ2n) is 7.27. The molecule has 4 nitrogen and oxygen atoms in total. The highest BCUT2D eigenvalue weighted by Crippen LogP contribution is 2.25. The van der Waals surface area contributed by atoms with Crippen molar-refractivity contribution in [3.05, 3.63) is 64.8 Å². The van der Waals surface area contributed by atoms with Crippen LogP contribution in [0.1, 0.15) is 25.7 Å². The first-order valence-corrected chi connectivity index (χ1v) is 9.67.